The van der Waals surface area contributed by atoms with Gasteiger partial charge in [-0.1, -0.05) is 18.2 Å². The summed E-state index contributed by atoms with van der Waals surface area (Å²) in [5, 5.41) is 29.1. The highest BCUT2D eigenvalue weighted by atomic mass is 16.5. The van der Waals surface area contributed by atoms with Gasteiger partial charge in [-0.25, -0.2) is 4.79 Å². The summed E-state index contributed by atoms with van der Waals surface area (Å²) in [6.07, 6.45) is 5.51. The topological polar surface area (TPSA) is 120 Å². The van der Waals surface area contributed by atoms with Crippen molar-refractivity contribution < 1.29 is 24.5 Å². The number of benzene rings is 2. The number of H-pyrrole nitrogens is 1. The van der Waals surface area contributed by atoms with Gasteiger partial charge < -0.3 is 29.9 Å². The van der Waals surface area contributed by atoms with Gasteiger partial charge in [0.2, 0.25) is 0 Å². The van der Waals surface area contributed by atoms with E-state index in [4.69, 9.17) is 14.6 Å². The number of hydrogen-bond donors (Lipinski definition) is 4. The predicted octanol–water partition coefficient (Wildman–Crippen LogP) is 3.79. The highest BCUT2D eigenvalue weighted by Crippen LogP contribution is 2.32. The van der Waals surface area contributed by atoms with Gasteiger partial charge in [0, 0.05) is 37.4 Å². The summed E-state index contributed by atoms with van der Waals surface area (Å²) < 4.78 is 11.2. The van der Waals surface area contributed by atoms with Crippen LogP contribution in [0.4, 0.5) is 10.5 Å². The maximum atomic E-state index is 13.6. The van der Waals surface area contributed by atoms with Gasteiger partial charge >= 0.3 is 6.03 Å². The Morgan fingerprint density at radius 1 is 1.23 bits per heavy atom. The van der Waals surface area contributed by atoms with E-state index >= 15 is 0 Å². The van der Waals surface area contributed by atoms with E-state index in [0.717, 1.165) is 28.9 Å². The average molecular weight is 481 g/mol. The molecule has 1 saturated carbocycles. The first-order valence-electron chi connectivity index (χ1n) is 11.8. The van der Waals surface area contributed by atoms with Gasteiger partial charge in [0.15, 0.2) is 0 Å². The number of rotatable bonds is 10. The zero-order valence-corrected chi connectivity index (χ0v) is 19.8. The van der Waals surface area contributed by atoms with E-state index in [9.17, 15) is 9.90 Å². The van der Waals surface area contributed by atoms with E-state index in [-0.39, 0.29) is 18.7 Å². The number of hydrogen-bond acceptors (Lipinski definition) is 6. The van der Waals surface area contributed by atoms with Crippen LogP contribution in [0.5, 0.6) is 11.5 Å². The standard InChI is InChI=1S/C26H32N4O5/c1-34-23-5-2-4-18(12-23)17-30(21-7-8-22(32)14-21)26(33)29-24-9-6-19(20-15-27-28-16-20)13-25(24)35-11-3-10-31/h2,4-6,9,12-13,15-16,21-22,31-32H,3,7-8,10-11,14,17H2,1H3,(H,27,28)(H,29,33). The van der Waals surface area contributed by atoms with E-state index in [0.29, 0.717) is 43.9 Å². The third-order valence-electron chi connectivity index (χ3n) is 6.18. The largest absolute Gasteiger partial charge is 0.497 e. The molecular formula is C26H32N4O5. The number of nitrogens with one attached hydrogen (secondary N) is 2. The lowest BCUT2D eigenvalue weighted by molar-refractivity contribution is 0.155. The van der Waals surface area contributed by atoms with Crippen molar-refractivity contribution in [2.24, 2.45) is 0 Å². The lowest BCUT2D eigenvalue weighted by Gasteiger charge is -2.30. The molecule has 4 rings (SSSR count). The van der Waals surface area contributed by atoms with Crippen molar-refractivity contribution in [1.82, 2.24) is 15.1 Å². The molecule has 0 spiro atoms. The molecule has 2 amide bonds. The monoisotopic (exact) mass is 480 g/mol. The van der Waals surface area contributed by atoms with Crippen molar-refractivity contribution in [2.45, 2.75) is 44.4 Å². The molecule has 1 aliphatic carbocycles. The second-order valence-electron chi connectivity index (χ2n) is 8.65. The Labute approximate surface area is 204 Å². The molecule has 1 fully saturated rings. The van der Waals surface area contributed by atoms with Crippen molar-refractivity contribution in [1.29, 1.82) is 0 Å². The highest BCUT2D eigenvalue weighted by molar-refractivity contribution is 5.92. The molecule has 0 bridgehead atoms. The summed E-state index contributed by atoms with van der Waals surface area (Å²) in [5.41, 5.74) is 3.27. The lowest BCUT2D eigenvalue weighted by atomic mass is 10.1. The first-order valence-corrected chi connectivity index (χ1v) is 11.8. The number of amides is 2. The molecule has 2 atom stereocenters. The SMILES string of the molecule is COc1cccc(CN(C(=O)Nc2ccc(-c3cn[nH]c3)cc2OCCCO)C2CCC(O)C2)c1. The van der Waals surface area contributed by atoms with Crippen LogP contribution in [-0.2, 0) is 6.54 Å². The number of aliphatic hydroxyl groups is 2. The molecule has 3 aromatic rings. The first kappa shape index (κ1) is 24.6. The number of anilines is 1. The quantitative estimate of drug-likeness (QED) is 0.328. The Balaban J connectivity index is 1.58. The van der Waals surface area contributed by atoms with Crippen LogP contribution in [0.2, 0.25) is 0 Å². The minimum atomic E-state index is -0.410. The maximum absolute atomic E-state index is 13.6. The number of aromatic nitrogens is 2. The predicted molar refractivity (Wildman–Crippen MR) is 132 cm³/mol. The molecule has 2 unspecified atom stereocenters. The van der Waals surface area contributed by atoms with Gasteiger partial charge in [-0.2, -0.15) is 5.10 Å². The van der Waals surface area contributed by atoms with Gasteiger partial charge in [-0.15, -0.1) is 0 Å². The van der Waals surface area contributed by atoms with Crippen molar-refractivity contribution >= 4 is 11.7 Å². The van der Waals surface area contributed by atoms with Crippen LogP contribution in [0.3, 0.4) is 0 Å². The molecule has 9 heteroatoms. The third kappa shape index (κ3) is 6.32. The summed E-state index contributed by atoms with van der Waals surface area (Å²) in [7, 11) is 1.61. The number of urea groups is 1. The maximum Gasteiger partial charge on any atom is 0.322 e. The van der Waals surface area contributed by atoms with Gasteiger partial charge in [-0.05, 0) is 54.7 Å². The number of aromatic amines is 1. The molecule has 9 nitrogen and oxygen atoms in total. The lowest BCUT2D eigenvalue weighted by Crippen LogP contribution is -2.41. The van der Waals surface area contributed by atoms with Crippen LogP contribution in [0, 0.1) is 0 Å². The Morgan fingerprint density at radius 3 is 2.83 bits per heavy atom. The molecule has 35 heavy (non-hydrogen) atoms. The number of aliphatic hydroxyl groups excluding tert-OH is 2. The van der Waals surface area contributed by atoms with Crippen LogP contribution >= 0.6 is 0 Å². The first-order chi connectivity index (χ1) is 17.1. The second kappa shape index (κ2) is 11.7. The molecule has 186 valence electrons. The van der Waals surface area contributed by atoms with E-state index in [1.54, 1.807) is 24.4 Å². The van der Waals surface area contributed by atoms with Crippen molar-refractivity contribution in [3.63, 3.8) is 0 Å². The third-order valence-corrected chi connectivity index (χ3v) is 6.18. The molecule has 1 aliphatic rings. The Kier molecular flexibility index (Phi) is 8.23. The van der Waals surface area contributed by atoms with Gasteiger partial charge in [0.1, 0.15) is 11.5 Å². The van der Waals surface area contributed by atoms with E-state index in [1.165, 1.54) is 0 Å². The zero-order valence-electron chi connectivity index (χ0n) is 19.8. The summed E-state index contributed by atoms with van der Waals surface area (Å²) >= 11 is 0. The fourth-order valence-corrected chi connectivity index (χ4v) is 4.32. The minimum Gasteiger partial charge on any atom is -0.497 e. The van der Waals surface area contributed by atoms with Crippen molar-refractivity contribution in [3.05, 3.63) is 60.4 Å². The molecule has 0 aliphatic heterocycles. The smallest absolute Gasteiger partial charge is 0.322 e. The van der Waals surface area contributed by atoms with E-state index in [2.05, 4.69) is 15.5 Å². The molecule has 1 aromatic heterocycles. The van der Waals surface area contributed by atoms with Gasteiger partial charge in [-0.3, -0.25) is 5.10 Å². The number of ether oxygens (including phenoxy) is 2. The second-order valence-corrected chi connectivity index (χ2v) is 8.65. The molecular weight excluding hydrogens is 448 g/mol. The number of nitrogens with zero attached hydrogens (tertiary/aromatic N) is 2. The van der Waals surface area contributed by atoms with Crippen LogP contribution in [-0.4, -0.2) is 63.8 Å². The van der Waals surface area contributed by atoms with Crippen molar-refractivity contribution in [3.8, 4) is 22.6 Å². The fourth-order valence-electron chi connectivity index (χ4n) is 4.32. The average Bonchev–Trinajstić information content (AvgIpc) is 3.56. The van der Waals surface area contributed by atoms with Crippen LogP contribution in [0.25, 0.3) is 11.1 Å². The summed E-state index contributed by atoms with van der Waals surface area (Å²) in [4.78, 5) is 15.3. The molecule has 0 saturated heterocycles. The fraction of sp³-hybridized carbons (Fsp3) is 0.385. The number of carbonyl (C=O) groups is 1. The highest BCUT2D eigenvalue weighted by Gasteiger charge is 2.31. The minimum absolute atomic E-state index is 0.0153. The van der Waals surface area contributed by atoms with Crippen LogP contribution in [0.1, 0.15) is 31.2 Å². The van der Waals surface area contributed by atoms with E-state index in [1.807, 2.05) is 42.5 Å². The molecule has 2 aromatic carbocycles. The van der Waals surface area contributed by atoms with Gasteiger partial charge in [0.05, 0.1) is 31.7 Å². The summed E-state index contributed by atoms with van der Waals surface area (Å²) in [6, 6.07) is 12.8. The summed E-state index contributed by atoms with van der Waals surface area (Å²) in [6.45, 7) is 0.714. The molecule has 4 N–H and O–H groups in total. The molecule has 0 radical (unpaired) electrons. The van der Waals surface area contributed by atoms with Gasteiger partial charge in [0.25, 0.3) is 0 Å². The molecule has 1 heterocycles. The Bertz CT molecular complexity index is 1100. The van der Waals surface area contributed by atoms with Crippen molar-refractivity contribution in [2.75, 3.05) is 25.6 Å². The number of carbonyl (C=O) groups excluding carboxylic acids is 1. The van der Waals surface area contributed by atoms with Crippen LogP contribution in [0.15, 0.2) is 54.9 Å². The van der Waals surface area contributed by atoms with E-state index < -0.39 is 6.10 Å². The van der Waals surface area contributed by atoms with Crippen LogP contribution < -0.4 is 14.8 Å². The Hall–Kier alpha value is -3.56. The Morgan fingerprint density at radius 2 is 2.11 bits per heavy atom. The number of methoxy groups -OCH3 is 1. The summed E-state index contributed by atoms with van der Waals surface area (Å²) in [5.74, 6) is 1.24. The normalized spacial score (nSPS) is 17.2. The zero-order chi connectivity index (χ0) is 24.6.